The number of amides is 1. The monoisotopic (exact) mass is 397 g/mol. The number of hydrogen-bond acceptors (Lipinski definition) is 4. The van der Waals surface area contributed by atoms with Crippen molar-refractivity contribution in [1.82, 2.24) is 5.32 Å². The van der Waals surface area contributed by atoms with E-state index < -0.39 is 18.1 Å². The molecule has 0 saturated heterocycles. The van der Waals surface area contributed by atoms with Gasteiger partial charge in [0, 0.05) is 0 Å². The highest BCUT2D eigenvalue weighted by Crippen LogP contribution is 2.13. The molecule has 1 atom stereocenters. The predicted molar refractivity (Wildman–Crippen MR) is 115 cm³/mol. The number of nitrogens with one attached hydrogen (secondary N) is 1. The van der Waals surface area contributed by atoms with Crippen molar-refractivity contribution in [1.29, 1.82) is 0 Å². The van der Waals surface area contributed by atoms with E-state index in [0.29, 0.717) is 6.61 Å². The van der Waals surface area contributed by atoms with Crippen LogP contribution in [0.4, 0.5) is 4.79 Å². The lowest BCUT2D eigenvalue weighted by Crippen LogP contribution is -2.40. The quantitative estimate of drug-likeness (QED) is 0.157. The minimum Gasteiger partial charge on any atom is -0.464 e. The molecule has 0 radical (unpaired) electrons. The van der Waals surface area contributed by atoms with Crippen LogP contribution in [0.25, 0.3) is 0 Å². The van der Waals surface area contributed by atoms with E-state index in [9.17, 15) is 9.59 Å². The minimum atomic E-state index is -0.705. The van der Waals surface area contributed by atoms with Crippen LogP contribution in [-0.4, -0.2) is 31.3 Å². The van der Waals surface area contributed by atoms with Gasteiger partial charge in [0.05, 0.1) is 6.61 Å². The lowest BCUT2D eigenvalue weighted by molar-refractivity contribution is -0.145. The maximum absolute atomic E-state index is 11.8. The first-order chi connectivity index (χ1) is 13.6. The van der Waals surface area contributed by atoms with Crippen LogP contribution >= 0.6 is 0 Å². The highest BCUT2D eigenvalue weighted by Gasteiger charge is 2.17. The Balaban J connectivity index is 3.35. The topological polar surface area (TPSA) is 64.6 Å². The first-order valence-corrected chi connectivity index (χ1v) is 11.3. The fourth-order valence-electron chi connectivity index (χ4n) is 3.01. The Kier molecular flexibility index (Phi) is 19.1. The lowest BCUT2D eigenvalue weighted by atomic mass is 10.0. The molecular formula is C23H43NO4. The van der Waals surface area contributed by atoms with E-state index in [2.05, 4.69) is 18.8 Å². The van der Waals surface area contributed by atoms with E-state index in [-0.39, 0.29) is 6.61 Å². The molecule has 164 valence electrons. The summed E-state index contributed by atoms with van der Waals surface area (Å²) in [4.78, 5) is 23.1. The number of rotatable bonds is 19. The molecule has 0 saturated carbocycles. The summed E-state index contributed by atoms with van der Waals surface area (Å²) in [7, 11) is 0. The van der Waals surface area contributed by atoms with Crippen LogP contribution in [-0.2, 0) is 14.3 Å². The molecule has 5 heteroatoms. The molecule has 0 aromatic carbocycles. The molecule has 0 rings (SSSR count). The van der Waals surface area contributed by atoms with E-state index in [0.717, 1.165) is 12.8 Å². The zero-order valence-corrected chi connectivity index (χ0v) is 18.3. The molecule has 0 heterocycles. The van der Waals surface area contributed by atoms with Crippen molar-refractivity contribution in [2.24, 2.45) is 0 Å². The summed E-state index contributed by atoms with van der Waals surface area (Å²) in [6.45, 7) is 7.83. The first kappa shape index (κ1) is 26.5. The van der Waals surface area contributed by atoms with Crippen molar-refractivity contribution < 1.29 is 19.1 Å². The van der Waals surface area contributed by atoms with Crippen LogP contribution in [0.5, 0.6) is 0 Å². The summed E-state index contributed by atoms with van der Waals surface area (Å²) in [6, 6.07) is -0.705. The molecule has 0 aliphatic rings. The molecule has 0 aliphatic carbocycles. The highest BCUT2D eigenvalue weighted by atomic mass is 16.6. The molecule has 0 aromatic rings. The van der Waals surface area contributed by atoms with Gasteiger partial charge in [0.1, 0.15) is 12.6 Å². The van der Waals surface area contributed by atoms with Crippen molar-refractivity contribution in [3.05, 3.63) is 12.7 Å². The van der Waals surface area contributed by atoms with Crippen LogP contribution in [0.1, 0.15) is 104 Å². The largest absolute Gasteiger partial charge is 0.464 e. The average Bonchev–Trinajstić information content (AvgIpc) is 2.69. The Morgan fingerprint density at radius 3 is 1.75 bits per heavy atom. The van der Waals surface area contributed by atoms with Crippen LogP contribution in [0.15, 0.2) is 12.7 Å². The molecule has 0 spiro atoms. The predicted octanol–water partition coefficient (Wildman–Crippen LogP) is 6.31. The second kappa shape index (κ2) is 20.2. The molecule has 5 nitrogen and oxygen atoms in total. The second-order valence-corrected chi connectivity index (χ2v) is 7.52. The summed E-state index contributed by atoms with van der Waals surface area (Å²) >= 11 is 0. The number of hydrogen-bond donors (Lipinski definition) is 1. The van der Waals surface area contributed by atoms with Crippen LogP contribution < -0.4 is 5.32 Å². The number of esters is 1. The molecule has 0 bridgehead atoms. The third-order valence-electron chi connectivity index (χ3n) is 4.76. The van der Waals surface area contributed by atoms with Gasteiger partial charge in [-0.15, -0.1) is 0 Å². The van der Waals surface area contributed by atoms with Crippen molar-refractivity contribution in [2.45, 2.75) is 110 Å². The fraction of sp³-hybridized carbons (Fsp3) is 0.826. The lowest BCUT2D eigenvalue weighted by Gasteiger charge is -2.13. The fourth-order valence-corrected chi connectivity index (χ4v) is 3.01. The molecular weight excluding hydrogens is 354 g/mol. The minimum absolute atomic E-state index is 0.118. The van der Waals surface area contributed by atoms with Crippen LogP contribution in [0, 0.1) is 0 Å². The van der Waals surface area contributed by atoms with Gasteiger partial charge in [-0.1, -0.05) is 103 Å². The average molecular weight is 398 g/mol. The normalized spacial score (nSPS) is 11.6. The van der Waals surface area contributed by atoms with Crippen molar-refractivity contribution >= 4 is 12.1 Å². The Hall–Kier alpha value is -1.52. The number of alkyl carbamates (subject to hydrolysis) is 1. The zero-order chi connectivity index (χ0) is 20.9. The summed E-state index contributed by atoms with van der Waals surface area (Å²) in [5.41, 5.74) is 0. The second-order valence-electron chi connectivity index (χ2n) is 7.52. The van der Waals surface area contributed by atoms with Crippen molar-refractivity contribution in [2.75, 3.05) is 13.2 Å². The zero-order valence-electron chi connectivity index (χ0n) is 18.3. The molecule has 0 aromatic heterocycles. The van der Waals surface area contributed by atoms with E-state index in [1.165, 1.54) is 83.1 Å². The van der Waals surface area contributed by atoms with Crippen molar-refractivity contribution in [3.63, 3.8) is 0 Å². The van der Waals surface area contributed by atoms with Crippen LogP contribution in [0.2, 0.25) is 0 Å². The SMILES string of the molecule is C=CCOC(=O)NC(C)C(=O)OCCCCCCCCCCCCCCCC. The molecule has 1 amide bonds. The first-order valence-electron chi connectivity index (χ1n) is 11.3. The van der Waals surface area contributed by atoms with Gasteiger partial charge in [-0.25, -0.2) is 9.59 Å². The van der Waals surface area contributed by atoms with Gasteiger partial charge in [0.2, 0.25) is 0 Å². The smallest absolute Gasteiger partial charge is 0.408 e. The summed E-state index contributed by atoms with van der Waals surface area (Å²) in [6.07, 6.45) is 19.0. The molecule has 1 N–H and O–H groups in total. The molecule has 28 heavy (non-hydrogen) atoms. The summed E-state index contributed by atoms with van der Waals surface area (Å²) in [5, 5.41) is 2.43. The maximum atomic E-state index is 11.8. The van der Waals surface area contributed by atoms with Crippen LogP contribution in [0.3, 0.4) is 0 Å². The van der Waals surface area contributed by atoms with Gasteiger partial charge in [-0.2, -0.15) is 0 Å². The number of carbonyl (C=O) groups is 2. The van der Waals surface area contributed by atoms with E-state index in [1.807, 2.05) is 0 Å². The van der Waals surface area contributed by atoms with Crippen molar-refractivity contribution in [3.8, 4) is 0 Å². The Morgan fingerprint density at radius 1 is 0.821 bits per heavy atom. The number of ether oxygens (including phenoxy) is 2. The maximum Gasteiger partial charge on any atom is 0.408 e. The third-order valence-corrected chi connectivity index (χ3v) is 4.76. The van der Waals surface area contributed by atoms with Gasteiger partial charge < -0.3 is 14.8 Å². The standard InChI is InChI=1S/C23H43NO4/c1-4-6-7-8-9-10-11-12-13-14-15-16-17-18-20-27-22(25)21(3)24-23(26)28-19-5-2/h5,21H,2,4,6-20H2,1,3H3,(H,24,26). The van der Waals surface area contributed by atoms with Gasteiger partial charge in [0.15, 0.2) is 0 Å². The van der Waals surface area contributed by atoms with E-state index in [4.69, 9.17) is 9.47 Å². The van der Waals surface area contributed by atoms with Gasteiger partial charge >= 0.3 is 12.1 Å². The Bertz CT molecular complexity index is 398. The van der Waals surface area contributed by atoms with Gasteiger partial charge in [-0.05, 0) is 13.3 Å². The number of unbranched alkanes of at least 4 members (excludes halogenated alkanes) is 13. The number of carbonyl (C=O) groups excluding carboxylic acids is 2. The van der Waals surface area contributed by atoms with Gasteiger partial charge in [0.25, 0.3) is 0 Å². The Labute approximate surface area is 172 Å². The third kappa shape index (κ3) is 17.9. The molecule has 0 aliphatic heterocycles. The van der Waals surface area contributed by atoms with Gasteiger partial charge in [-0.3, -0.25) is 0 Å². The molecule has 1 unspecified atom stereocenters. The summed E-state index contributed by atoms with van der Waals surface area (Å²) in [5.74, 6) is -0.426. The summed E-state index contributed by atoms with van der Waals surface area (Å²) < 4.78 is 9.95. The highest BCUT2D eigenvalue weighted by molar-refractivity contribution is 5.80. The van der Waals surface area contributed by atoms with E-state index >= 15 is 0 Å². The Morgan fingerprint density at radius 2 is 1.29 bits per heavy atom. The molecule has 0 fully saturated rings. The van der Waals surface area contributed by atoms with E-state index in [1.54, 1.807) is 6.92 Å².